The summed E-state index contributed by atoms with van der Waals surface area (Å²) >= 11 is 7.46. The molecule has 3 rings (SSSR count). The first-order chi connectivity index (χ1) is 15.3. The van der Waals surface area contributed by atoms with Crippen molar-refractivity contribution in [3.63, 3.8) is 0 Å². The number of carbonyl (C=O) groups is 2. The van der Waals surface area contributed by atoms with Gasteiger partial charge < -0.3 is 15.2 Å². The molecule has 2 aromatic carbocycles. The van der Waals surface area contributed by atoms with Crippen LogP contribution < -0.4 is 10.6 Å². The molecule has 0 aliphatic heterocycles. The van der Waals surface area contributed by atoms with Gasteiger partial charge in [-0.05, 0) is 42.7 Å². The van der Waals surface area contributed by atoms with E-state index in [1.807, 2.05) is 56.7 Å². The number of hydrogen-bond acceptors (Lipinski definition) is 5. The topological polar surface area (TPSA) is 88.9 Å². The van der Waals surface area contributed by atoms with E-state index in [-0.39, 0.29) is 29.5 Å². The predicted molar refractivity (Wildman–Crippen MR) is 128 cm³/mol. The number of hydrogen-bond donors (Lipinski definition) is 2. The van der Waals surface area contributed by atoms with E-state index in [0.717, 1.165) is 11.3 Å². The molecule has 1 heterocycles. The molecule has 9 heteroatoms. The molecule has 2 N–H and O–H groups in total. The minimum Gasteiger partial charge on any atom is -0.342 e. The second-order valence-corrected chi connectivity index (χ2v) is 9.13. The molecule has 0 saturated heterocycles. The van der Waals surface area contributed by atoms with Crippen LogP contribution in [0.25, 0.3) is 0 Å². The third kappa shape index (κ3) is 5.89. The highest BCUT2D eigenvalue weighted by molar-refractivity contribution is 7.99. The van der Waals surface area contributed by atoms with Crippen LogP contribution in [0, 0.1) is 12.8 Å². The molecule has 0 saturated carbocycles. The molecule has 0 bridgehead atoms. The summed E-state index contributed by atoms with van der Waals surface area (Å²) in [7, 11) is 1.83. The molecule has 0 aliphatic rings. The van der Waals surface area contributed by atoms with Crippen molar-refractivity contribution in [2.45, 2.75) is 32.0 Å². The third-order valence-corrected chi connectivity index (χ3v) is 6.20. The Labute approximate surface area is 197 Å². The fourth-order valence-corrected chi connectivity index (χ4v) is 4.11. The van der Waals surface area contributed by atoms with Crippen molar-refractivity contribution in [3.05, 3.63) is 70.5 Å². The number of amides is 2. The summed E-state index contributed by atoms with van der Waals surface area (Å²) in [6.45, 7) is 5.96. The first-order valence-electron chi connectivity index (χ1n) is 10.2. The number of rotatable bonds is 8. The van der Waals surface area contributed by atoms with Gasteiger partial charge in [-0.15, -0.1) is 10.2 Å². The van der Waals surface area contributed by atoms with Gasteiger partial charge in [-0.3, -0.25) is 9.59 Å². The average Bonchev–Trinajstić information content (AvgIpc) is 3.10. The van der Waals surface area contributed by atoms with Crippen molar-refractivity contribution in [1.82, 2.24) is 20.1 Å². The lowest BCUT2D eigenvalue weighted by Gasteiger charge is -2.22. The van der Waals surface area contributed by atoms with Crippen LogP contribution >= 0.6 is 23.4 Å². The van der Waals surface area contributed by atoms with Gasteiger partial charge in [0.2, 0.25) is 5.91 Å². The molecular weight excluding hydrogens is 446 g/mol. The second-order valence-electron chi connectivity index (χ2n) is 7.78. The zero-order valence-electron chi connectivity index (χ0n) is 18.4. The summed E-state index contributed by atoms with van der Waals surface area (Å²) in [6, 6.07) is 14.2. The summed E-state index contributed by atoms with van der Waals surface area (Å²) < 4.78 is 1.81. The zero-order chi connectivity index (χ0) is 23.3. The summed E-state index contributed by atoms with van der Waals surface area (Å²) in [5.74, 6) is 0.466. The lowest BCUT2D eigenvalue weighted by Crippen LogP contribution is -2.33. The maximum Gasteiger partial charge on any atom is 0.253 e. The van der Waals surface area contributed by atoms with Crippen LogP contribution in [0.4, 0.5) is 5.69 Å². The highest BCUT2D eigenvalue weighted by atomic mass is 35.5. The van der Waals surface area contributed by atoms with E-state index in [0.29, 0.717) is 21.6 Å². The molecular formula is C23H26ClN5O2S. The van der Waals surface area contributed by atoms with Crippen LogP contribution in [0.2, 0.25) is 5.02 Å². The summed E-state index contributed by atoms with van der Waals surface area (Å²) in [5.41, 5.74) is 2.24. The predicted octanol–water partition coefficient (Wildman–Crippen LogP) is 4.63. The first kappa shape index (κ1) is 23.8. The van der Waals surface area contributed by atoms with Crippen molar-refractivity contribution in [1.29, 1.82) is 0 Å². The van der Waals surface area contributed by atoms with Gasteiger partial charge in [0.25, 0.3) is 5.91 Å². The third-order valence-electron chi connectivity index (χ3n) is 4.85. The van der Waals surface area contributed by atoms with Gasteiger partial charge in [0.15, 0.2) is 11.0 Å². The number of halogens is 1. The van der Waals surface area contributed by atoms with Crippen LogP contribution in [0.1, 0.15) is 41.6 Å². The molecule has 32 heavy (non-hydrogen) atoms. The standard InChI is InChI=1S/C23H26ClN5O2S/c1-14(2)20(26-22(31)17-10-5-6-11-18(17)24)21-27-28-23(29(21)4)32-13-19(30)25-16-9-7-8-15(3)12-16/h5-12,14,20H,13H2,1-4H3,(H,25,30)(H,26,31)/t20-/m1/s1. The van der Waals surface area contributed by atoms with Crippen molar-refractivity contribution < 1.29 is 9.59 Å². The average molecular weight is 472 g/mol. The Bertz CT molecular complexity index is 1120. The van der Waals surface area contributed by atoms with E-state index in [1.165, 1.54) is 11.8 Å². The van der Waals surface area contributed by atoms with Crippen LogP contribution in [-0.2, 0) is 11.8 Å². The van der Waals surface area contributed by atoms with Gasteiger partial charge in [-0.2, -0.15) is 0 Å². The fourth-order valence-electron chi connectivity index (χ4n) is 3.17. The number of aromatic nitrogens is 3. The van der Waals surface area contributed by atoms with E-state index >= 15 is 0 Å². The van der Waals surface area contributed by atoms with E-state index in [1.54, 1.807) is 24.3 Å². The van der Waals surface area contributed by atoms with Crippen molar-refractivity contribution in [3.8, 4) is 0 Å². The number of thioether (sulfide) groups is 1. The van der Waals surface area contributed by atoms with E-state index < -0.39 is 0 Å². The lowest BCUT2D eigenvalue weighted by molar-refractivity contribution is -0.113. The molecule has 7 nitrogen and oxygen atoms in total. The highest BCUT2D eigenvalue weighted by Crippen LogP contribution is 2.25. The minimum absolute atomic E-state index is 0.0619. The molecule has 0 fully saturated rings. The van der Waals surface area contributed by atoms with Crippen molar-refractivity contribution in [2.75, 3.05) is 11.1 Å². The fraction of sp³-hybridized carbons (Fsp3) is 0.304. The SMILES string of the molecule is Cc1cccc(NC(=O)CSc2nnc([C@H](NC(=O)c3ccccc3Cl)C(C)C)n2C)c1. The zero-order valence-corrected chi connectivity index (χ0v) is 20.0. The Morgan fingerprint density at radius 3 is 2.56 bits per heavy atom. The van der Waals surface area contributed by atoms with Gasteiger partial charge in [-0.1, -0.05) is 61.5 Å². The van der Waals surface area contributed by atoms with Gasteiger partial charge in [0.05, 0.1) is 22.4 Å². The normalized spacial score (nSPS) is 11.9. The van der Waals surface area contributed by atoms with Gasteiger partial charge in [-0.25, -0.2) is 0 Å². The molecule has 0 spiro atoms. The van der Waals surface area contributed by atoms with Crippen molar-refractivity contribution >= 4 is 40.9 Å². The highest BCUT2D eigenvalue weighted by Gasteiger charge is 2.26. The maximum absolute atomic E-state index is 12.8. The molecule has 0 radical (unpaired) electrons. The minimum atomic E-state index is -0.369. The Kier molecular flexibility index (Phi) is 7.93. The van der Waals surface area contributed by atoms with E-state index in [9.17, 15) is 9.59 Å². The van der Waals surface area contributed by atoms with Crippen LogP contribution in [0.15, 0.2) is 53.7 Å². The quantitative estimate of drug-likeness (QED) is 0.467. The number of carbonyl (C=O) groups excluding carboxylic acids is 2. The van der Waals surface area contributed by atoms with Crippen molar-refractivity contribution in [2.24, 2.45) is 13.0 Å². The van der Waals surface area contributed by atoms with Gasteiger partial charge in [0, 0.05) is 12.7 Å². The molecule has 1 aromatic heterocycles. The molecule has 168 valence electrons. The van der Waals surface area contributed by atoms with Gasteiger partial charge >= 0.3 is 0 Å². The Morgan fingerprint density at radius 1 is 1.12 bits per heavy atom. The molecule has 2 amide bonds. The molecule has 0 unspecified atom stereocenters. The lowest BCUT2D eigenvalue weighted by atomic mass is 10.0. The summed E-state index contributed by atoms with van der Waals surface area (Å²) in [4.78, 5) is 25.1. The Morgan fingerprint density at radius 2 is 1.88 bits per heavy atom. The monoisotopic (exact) mass is 471 g/mol. The number of aryl methyl sites for hydroxylation is 1. The Hall–Kier alpha value is -2.84. The smallest absolute Gasteiger partial charge is 0.253 e. The van der Waals surface area contributed by atoms with Crippen LogP contribution in [0.3, 0.4) is 0 Å². The number of nitrogens with zero attached hydrogens (tertiary/aromatic N) is 3. The number of nitrogens with one attached hydrogen (secondary N) is 2. The second kappa shape index (κ2) is 10.7. The molecule has 0 aliphatic carbocycles. The van der Waals surface area contributed by atoms with E-state index in [2.05, 4.69) is 20.8 Å². The van der Waals surface area contributed by atoms with Crippen LogP contribution in [0.5, 0.6) is 0 Å². The number of benzene rings is 2. The summed E-state index contributed by atoms with van der Waals surface area (Å²) in [6.07, 6.45) is 0. The van der Waals surface area contributed by atoms with Crippen LogP contribution in [-0.4, -0.2) is 32.3 Å². The largest absolute Gasteiger partial charge is 0.342 e. The van der Waals surface area contributed by atoms with Gasteiger partial charge in [0.1, 0.15) is 0 Å². The Balaban J connectivity index is 1.67. The summed E-state index contributed by atoms with van der Waals surface area (Å²) in [5, 5.41) is 15.4. The number of anilines is 1. The molecule has 1 atom stereocenters. The first-order valence-corrected chi connectivity index (χ1v) is 11.6. The van der Waals surface area contributed by atoms with E-state index in [4.69, 9.17) is 11.6 Å². The maximum atomic E-state index is 12.8. The molecule has 3 aromatic rings.